The second-order valence-corrected chi connectivity index (χ2v) is 11.1. The van der Waals surface area contributed by atoms with E-state index in [9.17, 15) is 19.0 Å². The number of nitrogens with two attached hydrogens (primary N) is 1. The maximum Gasteiger partial charge on any atom is 0.224 e. The Labute approximate surface area is 244 Å². The minimum absolute atomic E-state index is 0. The molecule has 5 rings (SSSR count). The third kappa shape index (κ3) is 6.95. The molecule has 13 heteroatoms. The molecule has 222 valence electrons. The zero-order valence-electron chi connectivity index (χ0n) is 23.4. The van der Waals surface area contributed by atoms with E-state index in [2.05, 4.69) is 26.0 Å². The van der Waals surface area contributed by atoms with Gasteiger partial charge in [0.15, 0.2) is 5.82 Å². The van der Waals surface area contributed by atoms with Crippen LogP contribution in [0, 0.1) is 24.5 Å². The van der Waals surface area contributed by atoms with Crippen LogP contribution >= 0.6 is 12.4 Å². The number of anilines is 3. The minimum atomic E-state index is -1.02. The number of aromatic nitrogens is 4. The van der Waals surface area contributed by atoms with Crippen LogP contribution in [0.2, 0.25) is 0 Å². The van der Waals surface area contributed by atoms with Gasteiger partial charge in [0.1, 0.15) is 17.5 Å². The third-order valence-electron chi connectivity index (χ3n) is 7.75. The summed E-state index contributed by atoms with van der Waals surface area (Å²) >= 11 is 0. The molecule has 2 saturated heterocycles. The summed E-state index contributed by atoms with van der Waals surface area (Å²) in [5.41, 5.74) is 7.41. The molecule has 0 unspecified atom stereocenters. The van der Waals surface area contributed by atoms with Crippen LogP contribution in [-0.2, 0) is 0 Å². The molecule has 4 heterocycles. The largest absolute Gasteiger partial charge is 0.391 e. The molecule has 0 saturated carbocycles. The fourth-order valence-electron chi connectivity index (χ4n) is 5.43. The Morgan fingerprint density at radius 1 is 1.00 bits per heavy atom. The number of aliphatic hydroxyl groups excluding tert-OH is 1. The van der Waals surface area contributed by atoms with Gasteiger partial charge in [0.25, 0.3) is 0 Å². The second-order valence-electron chi connectivity index (χ2n) is 11.1. The van der Waals surface area contributed by atoms with Crippen molar-refractivity contribution in [2.45, 2.75) is 32.5 Å². The highest BCUT2D eigenvalue weighted by atomic mass is 35.5. The van der Waals surface area contributed by atoms with Gasteiger partial charge in [-0.15, -0.1) is 12.4 Å². The van der Waals surface area contributed by atoms with Crippen molar-refractivity contribution in [3.05, 3.63) is 59.4 Å². The number of hydrogen-bond acceptors (Lipinski definition) is 9. The number of piperazine rings is 1. The van der Waals surface area contributed by atoms with Gasteiger partial charge in [-0.25, -0.2) is 13.5 Å². The molecule has 2 aromatic heterocycles. The Bertz CT molecular complexity index is 1370. The van der Waals surface area contributed by atoms with Crippen molar-refractivity contribution in [3.8, 4) is 5.82 Å². The molecule has 3 aromatic rings. The van der Waals surface area contributed by atoms with Gasteiger partial charge in [0.2, 0.25) is 5.95 Å². The third-order valence-corrected chi connectivity index (χ3v) is 7.75. The standard InChI is InChI=1S/C28H36F2N8O2.ClH/c1-18-19(5-4-6-35-7-9-36(10-8-35)22-12-20(29)11-21(30)13-22)15-32-38(18)26-14-25(33-27(31)34-26)37-16-23(24(39)17-37)28(2,3)40;/h4-5,11-15,23-24,39-40H,6-10,16-17H2,1-3H3,(H2,31,33,34);1H/t23-,24-;/m0./s1. The van der Waals surface area contributed by atoms with Crippen LogP contribution in [0.15, 0.2) is 36.5 Å². The summed E-state index contributed by atoms with van der Waals surface area (Å²) in [7, 11) is 0. The SMILES string of the molecule is Cc1c(C=CCN2CCN(c3cc(F)cc(F)c3)CC2)cnn1-c1cc(N2C[C@H](O)[C@@H](C(C)(C)O)C2)nc(N)n1.Cl. The molecule has 2 atom stereocenters. The van der Waals surface area contributed by atoms with Crippen molar-refractivity contribution in [3.63, 3.8) is 0 Å². The van der Waals surface area contributed by atoms with E-state index < -0.39 is 23.3 Å². The van der Waals surface area contributed by atoms with Crippen LogP contribution in [0.1, 0.15) is 25.1 Å². The predicted octanol–water partition coefficient (Wildman–Crippen LogP) is 2.66. The number of nitrogen functional groups attached to an aromatic ring is 1. The molecule has 10 nitrogen and oxygen atoms in total. The second kappa shape index (κ2) is 12.3. The van der Waals surface area contributed by atoms with Crippen molar-refractivity contribution >= 4 is 35.9 Å². The maximum atomic E-state index is 13.6. The molecule has 0 bridgehead atoms. The van der Waals surface area contributed by atoms with Gasteiger partial charge in [0.05, 0.1) is 23.6 Å². The van der Waals surface area contributed by atoms with Crippen LogP contribution < -0.4 is 15.5 Å². The predicted molar refractivity (Wildman–Crippen MR) is 158 cm³/mol. The first-order chi connectivity index (χ1) is 19.0. The fraction of sp³-hybridized carbons (Fsp3) is 0.464. The average molecular weight is 591 g/mol. The summed E-state index contributed by atoms with van der Waals surface area (Å²) in [5, 5.41) is 25.4. The number of β-amino-alcohol motifs (C(OH)–C–C–N with tert-alkyl or cyclic N) is 1. The van der Waals surface area contributed by atoms with E-state index in [0.29, 0.717) is 43.5 Å². The van der Waals surface area contributed by atoms with Gasteiger partial charge in [-0.2, -0.15) is 15.1 Å². The normalized spacial score (nSPS) is 20.2. The van der Waals surface area contributed by atoms with E-state index >= 15 is 0 Å². The van der Waals surface area contributed by atoms with Crippen LogP contribution in [0.3, 0.4) is 0 Å². The maximum absolute atomic E-state index is 13.6. The smallest absolute Gasteiger partial charge is 0.224 e. The topological polar surface area (TPSA) is 120 Å². The summed E-state index contributed by atoms with van der Waals surface area (Å²) in [6.45, 7) is 9.80. The Hall–Kier alpha value is -3.32. The molecule has 1 aromatic carbocycles. The van der Waals surface area contributed by atoms with Gasteiger partial charge < -0.3 is 25.7 Å². The quantitative estimate of drug-likeness (QED) is 0.381. The molecule has 41 heavy (non-hydrogen) atoms. The van der Waals surface area contributed by atoms with E-state index in [1.807, 2.05) is 22.8 Å². The highest BCUT2D eigenvalue weighted by Gasteiger charge is 2.41. The summed E-state index contributed by atoms with van der Waals surface area (Å²) in [6.07, 6.45) is 5.18. The molecule has 0 spiro atoms. The van der Waals surface area contributed by atoms with Crippen LogP contribution in [0.5, 0.6) is 0 Å². The highest BCUT2D eigenvalue weighted by molar-refractivity contribution is 5.85. The molecule has 4 N–H and O–H groups in total. The lowest BCUT2D eigenvalue weighted by molar-refractivity contribution is -0.0229. The number of aliphatic hydroxyl groups is 2. The monoisotopic (exact) mass is 590 g/mol. The van der Waals surface area contributed by atoms with Gasteiger partial charge in [-0.1, -0.05) is 12.2 Å². The lowest BCUT2D eigenvalue weighted by atomic mass is 9.89. The molecular formula is C28H37ClF2N8O2. The van der Waals surface area contributed by atoms with E-state index in [4.69, 9.17) is 5.73 Å². The molecule has 0 amide bonds. The number of hydrogen-bond donors (Lipinski definition) is 3. The molecule has 2 aliphatic heterocycles. The Balaban J connectivity index is 0.00000387. The Kier molecular flexibility index (Phi) is 9.17. The molecule has 0 aliphatic carbocycles. The van der Waals surface area contributed by atoms with Gasteiger partial charge in [-0.05, 0) is 32.9 Å². The summed E-state index contributed by atoms with van der Waals surface area (Å²) < 4.78 is 28.9. The Morgan fingerprint density at radius 2 is 1.66 bits per heavy atom. The number of benzene rings is 1. The van der Waals surface area contributed by atoms with Gasteiger partial charge >= 0.3 is 0 Å². The first-order valence-electron chi connectivity index (χ1n) is 13.4. The molecular weight excluding hydrogens is 554 g/mol. The highest BCUT2D eigenvalue weighted by Crippen LogP contribution is 2.31. The number of nitrogens with zero attached hydrogens (tertiary/aromatic N) is 7. The van der Waals surface area contributed by atoms with Crippen LogP contribution in [0.25, 0.3) is 11.9 Å². The number of halogens is 3. The minimum Gasteiger partial charge on any atom is -0.391 e. The summed E-state index contributed by atoms with van der Waals surface area (Å²) in [5.74, 6) is -0.257. The average Bonchev–Trinajstić information content (AvgIpc) is 3.46. The van der Waals surface area contributed by atoms with Crippen molar-refractivity contribution in [2.75, 3.05) is 61.3 Å². The van der Waals surface area contributed by atoms with Crippen molar-refractivity contribution in [1.82, 2.24) is 24.6 Å². The lowest BCUT2D eigenvalue weighted by Gasteiger charge is -2.35. The molecule has 2 fully saturated rings. The molecule has 0 radical (unpaired) electrons. The van der Waals surface area contributed by atoms with E-state index in [1.165, 1.54) is 12.1 Å². The first kappa shape index (κ1) is 30.6. The van der Waals surface area contributed by atoms with Crippen LogP contribution in [-0.4, -0.2) is 92.4 Å². The zero-order chi connectivity index (χ0) is 28.6. The zero-order valence-corrected chi connectivity index (χ0v) is 24.2. The fourth-order valence-corrected chi connectivity index (χ4v) is 5.43. The summed E-state index contributed by atoms with van der Waals surface area (Å²) in [6, 6.07) is 5.41. The van der Waals surface area contributed by atoms with E-state index in [0.717, 1.165) is 37.0 Å². The lowest BCUT2D eigenvalue weighted by Crippen LogP contribution is -2.46. The summed E-state index contributed by atoms with van der Waals surface area (Å²) in [4.78, 5) is 14.9. The van der Waals surface area contributed by atoms with E-state index in [-0.39, 0.29) is 24.3 Å². The van der Waals surface area contributed by atoms with Crippen molar-refractivity contribution < 1.29 is 19.0 Å². The number of rotatable bonds is 7. The van der Waals surface area contributed by atoms with Crippen LogP contribution in [0.4, 0.5) is 26.2 Å². The van der Waals surface area contributed by atoms with Gasteiger partial charge in [-0.3, -0.25) is 4.90 Å². The molecule has 2 aliphatic rings. The van der Waals surface area contributed by atoms with Crippen molar-refractivity contribution in [2.24, 2.45) is 5.92 Å². The Morgan fingerprint density at radius 3 is 2.29 bits per heavy atom. The van der Waals surface area contributed by atoms with E-state index in [1.54, 1.807) is 30.8 Å². The van der Waals surface area contributed by atoms with Gasteiger partial charge in [0, 0.05) is 75.1 Å². The van der Waals surface area contributed by atoms with Crippen molar-refractivity contribution in [1.29, 1.82) is 0 Å². The first-order valence-corrected chi connectivity index (χ1v) is 13.4.